The van der Waals surface area contributed by atoms with Crippen LogP contribution in [0.25, 0.3) is 0 Å². The van der Waals surface area contributed by atoms with E-state index in [0.29, 0.717) is 0 Å². The lowest BCUT2D eigenvalue weighted by Crippen LogP contribution is -2.30. The molecule has 0 amide bonds. The Kier molecular flexibility index (Phi) is 3.44. The zero-order chi connectivity index (χ0) is 13.3. The molecule has 98 valence electrons. The molecule has 0 aromatic carbocycles. The molecular weight excluding hydrogens is 236 g/mol. The molecule has 7 heteroatoms. The summed E-state index contributed by atoms with van der Waals surface area (Å²) in [5, 5.41) is 9.25. The molecule has 1 aliphatic rings. The van der Waals surface area contributed by atoms with E-state index in [1.165, 1.54) is 10.9 Å². The van der Waals surface area contributed by atoms with Crippen LogP contribution < -0.4 is 11.4 Å². The smallest absolute Gasteiger partial charge is 0.354 e. The van der Waals surface area contributed by atoms with Crippen molar-refractivity contribution in [1.29, 1.82) is 0 Å². The molecule has 0 spiro atoms. The first-order valence-corrected chi connectivity index (χ1v) is 5.68. The van der Waals surface area contributed by atoms with Crippen LogP contribution in [0.4, 0.5) is 5.95 Å². The zero-order valence-corrected chi connectivity index (χ0v) is 10.1. The van der Waals surface area contributed by atoms with Crippen molar-refractivity contribution in [3.63, 3.8) is 0 Å². The number of nitrogens with two attached hydrogens (primary N) is 1. The molecule has 1 unspecified atom stereocenters. The Morgan fingerprint density at radius 3 is 2.94 bits per heavy atom. The van der Waals surface area contributed by atoms with E-state index in [-0.39, 0.29) is 30.5 Å². The molecule has 0 saturated carbocycles. The number of hydrogen-bond donors (Lipinski definition) is 2. The average Bonchev–Trinajstić information content (AvgIpc) is 2.66. The van der Waals surface area contributed by atoms with Gasteiger partial charge in [-0.3, -0.25) is 4.57 Å². The SMILES string of the molecule is C=C[C@@H]1[C@@H](CO)OC(n2cnc(N)nc2=O)[C@@H]1C. The molecule has 1 aromatic heterocycles. The molecule has 2 heterocycles. The average molecular weight is 252 g/mol. The predicted octanol–water partition coefficient (Wildman–Crippen LogP) is -0.452. The van der Waals surface area contributed by atoms with Crippen molar-refractivity contribution < 1.29 is 9.84 Å². The standard InChI is InChI=1S/C11H16N4O3/c1-3-7-6(2)9(18-8(7)4-16)15-5-13-10(12)14-11(15)17/h3,5-9,16H,1,4H2,2H3,(H2,12,14,17)/t6-,7+,8-,9?/m1/s1. The minimum Gasteiger partial charge on any atom is -0.394 e. The van der Waals surface area contributed by atoms with Crippen LogP contribution in [0.5, 0.6) is 0 Å². The summed E-state index contributed by atoms with van der Waals surface area (Å²) in [6.07, 6.45) is 2.16. The maximum absolute atomic E-state index is 11.7. The van der Waals surface area contributed by atoms with Crippen LogP contribution in [0.2, 0.25) is 0 Å². The number of aliphatic hydroxyl groups excluding tert-OH is 1. The Morgan fingerprint density at radius 1 is 1.72 bits per heavy atom. The molecule has 0 aliphatic carbocycles. The van der Waals surface area contributed by atoms with E-state index in [2.05, 4.69) is 16.5 Å². The van der Waals surface area contributed by atoms with Crippen molar-refractivity contribution >= 4 is 5.95 Å². The third-order valence-corrected chi connectivity index (χ3v) is 3.27. The van der Waals surface area contributed by atoms with Gasteiger partial charge in [-0.25, -0.2) is 9.78 Å². The summed E-state index contributed by atoms with van der Waals surface area (Å²) in [4.78, 5) is 19.1. The third kappa shape index (κ3) is 2.02. The Morgan fingerprint density at radius 2 is 2.44 bits per heavy atom. The molecule has 1 aliphatic heterocycles. The fourth-order valence-electron chi connectivity index (χ4n) is 2.30. The Labute approximate surface area is 104 Å². The molecule has 18 heavy (non-hydrogen) atoms. The van der Waals surface area contributed by atoms with Gasteiger partial charge in [0.15, 0.2) is 0 Å². The molecule has 3 N–H and O–H groups in total. The minimum absolute atomic E-state index is 0.00965. The summed E-state index contributed by atoms with van der Waals surface area (Å²) in [5.41, 5.74) is 4.82. The molecule has 0 radical (unpaired) electrons. The second-order valence-corrected chi connectivity index (χ2v) is 4.32. The van der Waals surface area contributed by atoms with Crippen LogP contribution in [0.15, 0.2) is 23.8 Å². The number of ether oxygens (including phenoxy) is 1. The lowest BCUT2D eigenvalue weighted by atomic mass is 9.91. The van der Waals surface area contributed by atoms with E-state index in [9.17, 15) is 9.90 Å². The van der Waals surface area contributed by atoms with Gasteiger partial charge in [0, 0.05) is 11.8 Å². The van der Waals surface area contributed by atoms with Crippen LogP contribution in [-0.2, 0) is 4.74 Å². The number of rotatable bonds is 3. The highest BCUT2D eigenvalue weighted by molar-refractivity contribution is 5.10. The number of hydrogen-bond acceptors (Lipinski definition) is 6. The van der Waals surface area contributed by atoms with Gasteiger partial charge in [-0.05, 0) is 0 Å². The molecule has 1 aromatic rings. The highest BCUT2D eigenvalue weighted by Gasteiger charge is 2.41. The summed E-state index contributed by atoms with van der Waals surface area (Å²) in [6.45, 7) is 5.53. The van der Waals surface area contributed by atoms with Crippen LogP contribution in [0, 0.1) is 11.8 Å². The Balaban J connectivity index is 2.34. The molecule has 1 saturated heterocycles. The van der Waals surface area contributed by atoms with E-state index in [1.54, 1.807) is 6.08 Å². The van der Waals surface area contributed by atoms with Gasteiger partial charge in [-0.2, -0.15) is 4.98 Å². The number of anilines is 1. The zero-order valence-electron chi connectivity index (χ0n) is 10.1. The summed E-state index contributed by atoms with van der Waals surface area (Å²) in [6, 6.07) is 0. The van der Waals surface area contributed by atoms with Gasteiger partial charge in [-0.15, -0.1) is 6.58 Å². The van der Waals surface area contributed by atoms with Crippen molar-refractivity contribution in [2.24, 2.45) is 11.8 Å². The summed E-state index contributed by atoms with van der Waals surface area (Å²) in [5.74, 6) is -0.102. The van der Waals surface area contributed by atoms with Crippen LogP contribution in [0.1, 0.15) is 13.2 Å². The first kappa shape index (κ1) is 12.7. The molecule has 0 bridgehead atoms. The number of nitrogens with zero attached hydrogens (tertiary/aromatic N) is 3. The highest BCUT2D eigenvalue weighted by atomic mass is 16.5. The van der Waals surface area contributed by atoms with E-state index < -0.39 is 11.9 Å². The molecule has 2 rings (SSSR count). The normalized spacial score (nSPS) is 31.4. The van der Waals surface area contributed by atoms with Crippen molar-refractivity contribution in [2.75, 3.05) is 12.3 Å². The number of aromatic nitrogens is 3. The Bertz CT molecular complexity index is 501. The molecule has 4 atom stereocenters. The summed E-state index contributed by atoms with van der Waals surface area (Å²) >= 11 is 0. The van der Waals surface area contributed by atoms with Gasteiger partial charge in [0.25, 0.3) is 0 Å². The first-order chi connectivity index (χ1) is 8.58. The van der Waals surface area contributed by atoms with Crippen LogP contribution >= 0.6 is 0 Å². The molecule has 7 nitrogen and oxygen atoms in total. The second-order valence-electron chi connectivity index (χ2n) is 4.32. The molecule has 1 fully saturated rings. The fourth-order valence-corrected chi connectivity index (χ4v) is 2.30. The monoisotopic (exact) mass is 252 g/mol. The highest BCUT2D eigenvalue weighted by Crippen LogP contribution is 2.38. The minimum atomic E-state index is -0.516. The van der Waals surface area contributed by atoms with Gasteiger partial charge in [0.1, 0.15) is 12.6 Å². The first-order valence-electron chi connectivity index (χ1n) is 5.68. The second kappa shape index (κ2) is 4.87. The van der Waals surface area contributed by atoms with Gasteiger partial charge in [-0.1, -0.05) is 13.0 Å². The van der Waals surface area contributed by atoms with Gasteiger partial charge >= 0.3 is 5.69 Å². The van der Waals surface area contributed by atoms with Crippen LogP contribution in [-0.4, -0.2) is 32.4 Å². The number of aliphatic hydroxyl groups is 1. The lowest BCUT2D eigenvalue weighted by Gasteiger charge is -2.17. The van der Waals surface area contributed by atoms with Crippen LogP contribution in [0.3, 0.4) is 0 Å². The van der Waals surface area contributed by atoms with Gasteiger partial charge in [0.05, 0.1) is 12.7 Å². The van der Waals surface area contributed by atoms with E-state index >= 15 is 0 Å². The van der Waals surface area contributed by atoms with Gasteiger partial charge < -0.3 is 15.6 Å². The molecular formula is C11H16N4O3. The van der Waals surface area contributed by atoms with Gasteiger partial charge in [0.2, 0.25) is 5.95 Å². The lowest BCUT2D eigenvalue weighted by molar-refractivity contribution is -0.0368. The van der Waals surface area contributed by atoms with E-state index in [4.69, 9.17) is 10.5 Å². The van der Waals surface area contributed by atoms with Crippen molar-refractivity contribution in [3.05, 3.63) is 29.5 Å². The van der Waals surface area contributed by atoms with E-state index in [0.717, 1.165) is 0 Å². The summed E-state index contributed by atoms with van der Waals surface area (Å²) < 4.78 is 6.94. The van der Waals surface area contributed by atoms with Crippen molar-refractivity contribution in [2.45, 2.75) is 19.3 Å². The maximum Gasteiger partial charge on any atom is 0.354 e. The fraction of sp³-hybridized carbons (Fsp3) is 0.545. The maximum atomic E-state index is 11.7. The predicted molar refractivity (Wildman–Crippen MR) is 64.6 cm³/mol. The largest absolute Gasteiger partial charge is 0.394 e. The quantitative estimate of drug-likeness (QED) is 0.706. The summed E-state index contributed by atoms with van der Waals surface area (Å²) in [7, 11) is 0. The third-order valence-electron chi connectivity index (χ3n) is 3.27. The topological polar surface area (TPSA) is 103 Å². The Hall–Kier alpha value is -1.73. The van der Waals surface area contributed by atoms with E-state index in [1.807, 2.05) is 6.92 Å². The number of nitrogen functional groups attached to an aromatic ring is 1. The van der Waals surface area contributed by atoms with Crippen molar-refractivity contribution in [1.82, 2.24) is 14.5 Å². The van der Waals surface area contributed by atoms with Crippen molar-refractivity contribution in [3.8, 4) is 0 Å².